The Morgan fingerprint density at radius 2 is 1.26 bits per heavy atom. The highest BCUT2D eigenvalue weighted by molar-refractivity contribution is 5.79. The molecule has 5 atom stereocenters. The van der Waals surface area contributed by atoms with Crippen LogP contribution in [0.4, 0.5) is 4.79 Å². The van der Waals surface area contributed by atoms with Crippen molar-refractivity contribution in [2.45, 2.75) is 93.4 Å². The van der Waals surface area contributed by atoms with Crippen LogP contribution in [-0.2, 0) is 35.0 Å². The highest BCUT2D eigenvalue weighted by Gasteiger charge is 2.27. The van der Waals surface area contributed by atoms with E-state index in [1.807, 2.05) is 34.6 Å². The highest BCUT2D eigenvalue weighted by Crippen LogP contribution is 2.31. The molecule has 1 aromatic rings. The van der Waals surface area contributed by atoms with E-state index in [1.165, 1.54) is 12.1 Å². The van der Waals surface area contributed by atoms with Crippen molar-refractivity contribution in [2.75, 3.05) is 6.61 Å². The SMILES string of the molecule is CCCOC(=O)O[C@@H](C)[C@H](C)OC(=O)[C@@H](N)Cc1ccc(OC(=O)C(C)C(C)C)c(OC(=O)C(C)C(C)C)c1. The quantitative estimate of drug-likeness (QED) is 0.252. The van der Waals surface area contributed by atoms with Crippen LogP contribution in [0.2, 0.25) is 0 Å². The maximum Gasteiger partial charge on any atom is 0.508 e. The molecule has 0 bridgehead atoms. The molecule has 0 aliphatic heterocycles. The van der Waals surface area contributed by atoms with Crippen LogP contribution in [0.3, 0.4) is 0 Å². The van der Waals surface area contributed by atoms with Gasteiger partial charge in [0, 0.05) is 0 Å². The molecule has 2 unspecified atom stereocenters. The summed E-state index contributed by atoms with van der Waals surface area (Å²) < 4.78 is 26.5. The van der Waals surface area contributed by atoms with Gasteiger partial charge in [-0.3, -0.25) is 14.4 Å². The first-order valence-electron chi connectivity index (χ1n) is 13.5. The van der Waals surface area contributed by atoms with Gasteiger partial charge in [-0.15, -0.1) is 0 Å². The van der Waals surface area contributed by atoms with Gasteiger partial charge >= 0.3 is 24.1 Å². The molecule has 10 nitrogen and oxygen atoms in total. The number of ether oxygens (including phenoxy) is 5. The lowest BCUT2D eigenvalue weighted by Gasteiger charge is -2.22. The molecular formula is C29H45NO9. The van der Waals surface area contributed by atoms with Crippen molar-refractivity contribution in [1.82, 2.24) is 0 Å². The van der Waals surface area contributed by atoms with Gasteiger partial charge in [0.1, 0.15) is 18.2 Å². The zero-order chi connectivity index (χ0) is 29.9. The Bertz CT molecular complexity index is 976. The van der Waals surface area contributed by atoms with Gasteiger partial charge in [-0.2, -0.15) is 0 Å². The first-order chi connectivity index (χ1) is 18.2. The first-order valence-corrected chi connectivity index (χ1v) is 13.5. The summed E-state index contributed by atoms with van der Waals surface area (Å²) in [6, 6.07) is 3.62. The van der Waals surface area contributed by atoms with Crippen molar-refractivity contribution in [3.63, 3.8) is 0 Å². The van der Waals surface area contributed by atoms with E-state index in [4.69, 9.17) is 29.4 Å². The average molecular weight is 552 g/mol. The Morgan fingerprint density at radius 1 is 0.744 bits per heavy atom. The summed E-state index contributed by atoms with van der Waals surface area (Å²) in [5, 5.41) is 0. The van der Waals surface area contributed by atoms with E-state index < -0.39 is 48.2 Å². The van der Waals surface area contributed by atoms with E-state index in [0.29, 0.717) is 12.0 Å². The number of carbonyl (C=O) groups excluding carboxylic acids is 4. The second-order valence-corrected chi connectivity index (χ2v) is 10.6. The maximum absolute atomic E-state index is 12.7. The van der Waals surface area contributed by atoms with Gasteiger partial charge in [-0.05, 0) is 56.2 Å². The number of carbonyl (C=O) groups is 4. The minimum atomic E-state index is -1.06. The van der Waals surface area contributed by atoms with Gasteiger partial charge in [0.15, 0.2) is 11.5 Å². The molecule has 0 saturated heterocycles. The average Bonchev–Trinajstić information content (AvgIpc) is 2.87. The maximum atomic E-state index is 12.7. The van der Waals surface area contributed by atoms with Gasteiger partial charge in [-0.1, -0.05) is 54.5 Å². The van der Waals surface area contributed by atoms with Crippen molar-refractivity contribution in [3.05, 3.63) is 23.8 Å². The van der Waals surface area contributed by atoms with Crippen LogP contribution < -0.4 is 15.2 Å². The summed E-state index contributed by atoms with van der Waals surface area (Å²) in [6.45, 7) is 16.4. The molecule has 0 amide bonds. The minimum Gasteiger partial charge on any atom is -0.458 e. The standard InChI is InChI=1S/C29H45NO9/c1-10-13-35-29(34)37-21(9)20(8)36-28(33)23(30)14-22-11-12-24(38-26(31)18(6)16(2)3)25(15-22)39-27(32)19(7)17(4)5/h11-12,15-21,23H,10,13-14,30H2,1-9H3/t18?,19?,20-,21-,23-/m0/s1. The summed E-state index contributed by atoms with van der Waals surface area (Å²) >= 11 is 0. The van der Waals surface area contributed by atoms with Crippen LogP contribution in [0.25, 0.3) is 0 Å². The van der Waals surface area contributed by atoms with Crippen molar-refractivity contribution in [1.29, 1.82) is 0 Å². The molecule has 10 heteroatoms. The zero-order valence-corrected chi connectivity index (χ0v) is 24.6. The lowest BCUT2D eigenvalue weighted by Crippen LogP contribution is -2.39. The second kappa shape index (κ2) is 16.1. The Kier molecular flexibility index (Phi) is 14.0. The fraction of sp³-hybridized carbons (Fsp3) is 0.655. The number of nitrogens with two attached hydrogens (primary N) is 1. The molecular weight excluding hydrogens is 506 g/mol. The molecule has 0 saturated carbocycles. The van der Waals surface area contributed by atoms with Gasteiger partial charge in [-0.25, -0.2) is 4.79 Å². The zero-order valence-electron chi connectivity index (χ0n) is 24.6. The van der Waals surface area contributed by atoms with E-state index in [0.717, 1.165) is 0 Å². The van der Waals surface area contributed by atoms with Crippen LogP contribution >= 0.6 is 0 Å². The first kappa shape index (κ1) is 33.9. The molecule has 39 heavy (non-hydrogen) atoms. The Labute approximate surface area is 231 Å². The third-order valence-electron chi connectivity index (χ3n) is 6.60. The largest absolute Gasteiger partial charge is 0.508 e. The molecule has 1 rings (SSSR count). The third kappa shape index (κ3) is 11.2. The lowest BCUT2D eigenvalue weighted by atomic mass is 9.98. The molecule has 0 aliphatic carbocycles. The monoisotopic (exact) mass is 551 g/mol. The topological polar surface area (TPSA) is 140 Å². The van der Waals surface area contributed by atoms with Crippen LogP contribution in [0.15, 0.2) is 18.2 Å². The predicted octanol–water partition coefficient (Wildman–Crippen LogP) is 4.83. The lowest BCUT2D eigenvalue weighted by molar-refractivity contribution is -0.155. The highest BCUT2D eigenvalue weighted by atomic mass is 16.7. The second-order valence-electron chi connectivity index (χ2n) is 10.6. The fourth-order valence-corrected chi connectivity index (χ4v) is 2.96. The van der Waals surface area contributed by atoms with Crippen LogP contribution in [0.5, 0.6) is 11.5 Å². The molecule has 0 aliphatic rings. The third-order valence-corrected chi connectivity index (χ3v) is 6.60. The Balaban J connectivity index is 3.00. The van der Waals surface area contributed by atoms with Gasteiger partial charge in [0.2, 0.25) is 0 Å². The summed E-state index contributed by atoms with van der Waals surface area (Å²) in [4.78, 5) is 49.5. The summed E-state index contributed by atoms with van der Waals surface area (Å²) in [5.41, 5.74) is 6.66. The van der Waals surface area contributed by atoms with Crippen LogP contribution in [0, 0.1) is 23.7 Å². The van der Waals surface area contributed by atoms with Crippen LogP contribution in [0.1, 0.15) is 74.3 Å². The van der Waals surface area contributed by atoms with Crippen molar-refractivity contribution < 1.29 is 42.9 Å². The fourth-order valence-electron chi connectivity index (χ4n) is 2.96. The normalized spacial score (nSPS) is 15.1. The van der Waals surface area contributed by atoms with Gasteiger partial charge < -0.3 is 29.4 Å². The molecule has 0 aromatic heterocycles. The van der Waals surface area contributed by atoms with E-state index in [2.05, 4.69) is 0 Å². The predicted molar refractivity (Wildman–Crippen MR) is 145 cm³/mol. The molecule has 1 aromatic carbocycles. The van der Waals surface area contributed by atoms with E-state index >= 15 is 0 Å². The number of benzene rings is 1. The number of rotatable bonds is 14. The number of hydrogen-bond acceptors (Lipinski definition) is 10. The summed E-state index contributed by atoms with van der Waals surface area (Å²) in [5.74, 6) is -2.11. The molecule has 220 valence electrons. The van der Waals surface area contributed by atoms with E-state index in [9.17, 15) is 19.2 Å². The Hall–Kier alpha value is -3.14. The number of esters is 3. The van der Waals surface area contributed by atoms with E-state index in [-0.39, 0.29) is 42.3 Å². The van der Waals surface area contributed by atoms with Crippen LogP contribution in [-0.4, -0.2) is 48.9 Å². The minimum absolute atomic E-state index is 0.0395. The smallest absolute Gasteiger partial charge is 0.458 e. The molecule has 2 N–H and O–H groups in total. The molecule has 0 fully saturated rings. The summed E-state index contributed by atoms with van der Waals surface area (Å²) in [6.07, 6.45) is -1.64. The van der Waals surface area contributed by atoms with Gasteiger partial charge in [0.05, 0.1) is 18.4 Å². The Morgan fingerprint density at radius 3 is 1.77 bits per heavy atom. The van der Waals surface area contributed by atoms with Crippen molar-refractivity contribution in [2.24, 2.45) is 29.4 Å². The van der Waals surface area contributed by atoms with Crippen molar-refractivity contribution in [3.8, 4) is 11.5 Å². The summed E-state index contributed by atoms with van der Waals surface area (Å²) in [7, 11) is 0. The number of hydrogen-bond donors (Lipinski definition) is 1. The van der Waals surface area contributed by atoms with Crippen molar-refractivity contribution >= 4 is 24.1 Å². The molecule has 0 radical (unpaired) electrons. The molecule has 0 spiro atoms. The molecule has 0 heterocycles. The van der Waals surface area contributed by atoms with E-state index in [1.54, 1.807) is 33.8 Å². The van der Waals surface area contributed by atoms with Gasteiger partial charge in [0.25, 0.3) is 0 Å².